The third-order valence-electron chi connectivity index (χ3n) is 4.84. The average Bonchev–Trinajstić information content (AvgIpc) is 3.49. The predicted octanol–water partition coefficient (Wildman–Crippen LogP) is 3.70. The lowest BCUT2D eigenvalue weighted by molar-refractivity contribution is -0.384. The third-order valence-corrected chi connectivity index (χ3v) is 4.84. The van der Waals surface area contributed by atoms with Gasteiger partial charge in [0.2, 0.25) is 5.91 Å². The molecule has 10 nitrogen and oxygen atoms in total. The summed E-state index contributed by atoms with van der Waals surface area (Å²) in [6.07, 6.45) is 3.67. The van der Waals surface area contributed by atoms with Crippen molar-refractivity contribution in [2.24, 2.45) is 0 Å². The quantitative estimate of drug-likeness (QED) is 0.296. The monoisotopic (exact) mass is 425 g/mol. The summed E-state index contributed by atoms with van der Waals surface area (Å²) in [5, 5.41) is 10.9. The summed E-state index contributed by atoms with van der Waals surface area (Å²) in [5.41, 5.74) is 0.434. The fraction of sp³-hybridized carbons (Fsp3) is 0.238. The van der Waals surface area contributed by atoms with Gasteiger partial charge in [0.1, 0.15) is 11.5 Å². The highest BCUT2D eigenvalue weighted by atomic mass is 16.6. The van der Waals surface area contributed by atoms with E-state index in [9.17, 15) is 19.7 Å². The van der Waals surface area contributed by atoms with E-state index in [1.54, 1.807) is 41.7 Å². The molecule has 0 bridgehead atoms. The summed E-state index contributed by atoms with van der Waals surface area (Å²) < 4.78 is 17.2. The largest absolute Gasteiger partial charge is 0.467 e. The minimum atomic E-state index is -0.619. The van der Waals surface area contributed by atoms with E-state index in [2.05, 4.69) is 0 Å². The fourth-order valence-corrected chi connectivity index (χ4v) is 3.34. The maximum atomic E-state index is 12.8. The number of benzene rings is 1. The first kappa shape index (κ1) is 20.2. The zero-order valence-electron chi connectivity index (χ0n) is 16.4. The molecule has 1 aromatic carbocycles. The van der Waals surface area contributed by atoms with Crippen LogP contribution in [0.25, 0.3) is 11.1 Å². The minimum absolute atomic E-state index is 0.121. The minimum Gasteiger partial charge on any atom is -0.467 e. The maximum absolute atomic E-state index is 12.8. The molecule has 3 heterocycles. The first-order valence-corrected chi connectivity index (χ1v) is 9.61. The summed E-state index contributed by atoms with van der Waals surface area (Å²) in [4.78, 5) is 37.0. The number of carbonyl (C=O) groups excluding carboxylic acids is 1. The molecule has 0 N–H and O–H groups in total. The second-order valence-corrected chi connectivity index (χ2v) is 6.94. The van der Waals surface area contributed by atoms with Gasteiger partial charge in [0, 0.05) is 19.0 Å². The molecule has 0 aliphatic rings. The summed E-state index contributed by atoms with van der Waals surface area (Å²) in [6, 6.07) is 11.1. The number of amides is 1. The standard InChI is InChI=1S/C21H19N3O7/c25-20(22(13-16-4-2-10-29-16)14-17-5-3-11-30-17)6-1-9-23-18-8-7-15(24(27)28)12-19(18)31-21(23)26/h2-5,7-8,10-12H,1,6,9,13-14H2. The van der Waals surface area contributed by atoms with Crippen LogP contribution in [0, 0.1) is 10.1 Å². The van der Waals surface area contributed by atoms with Crippen LogP contribution < -0.4 is 5.76 Å². The number of non-ortho nitro benzene ring substituents is 1. The molecule has 1 amide bonds. The van der Waals surface area contributed by atoms with E-state index < -0.39 is 10.7 Å². The second-order valence-electron chi connectivity index (χ2n) is 6.94. The van der Waals surface area contributed by atoms with Crippen LogP contribution in [-0.4, -0.2) is 20.3 Å². The van der Waals surface area contributed by atoms with Gasteiger partial charge in [-0.3, -0.25) is 19.5 Å². The van der Waals surface area contributed by atoms with Crippen molar-refractivity contribution in [2.45, 2.75) is 32.5 Å². The maximum Gasteiger partial charge on any atom is 0.419 e. The molecule has 0 fully saturated rings. The number of carbonyl (C=O) groups is 1. The number of rotatable bonds is 9. The van der Waals surface area contributed by atoms with E-state index >= 15 is 0 Å². The number of hydrogen-bond acceptors (Lipinski definition) is 7. The highest BCUT2D eigenvalue weighted by molar-refractivity contribution is 5.77. The third kappa shape index (κ3) is 4.58. The van der Waals surface area contributed by atoms with Gasteiger partial charge in [0.05, 0.1) is 42.1 Å². The molecule has 31 heavy (non-hydrogen) atoms. The topological polar surface area (TPSA) is 125 Å². The van der Waals surface area contributed by atoms with Crippen LogP contribution in [0.2, 0.25) is 0 Å². The van der Waals surface area contributed by atoms with E-state index in [1.165, 1.54) is 22.8 Å². The van der Waals surface area contributed by atoms with Crippen LogP contribution >= 0.6 is 0 Å². The summed E-state index contributed by atoms with van der Waals surface area (Å²) in [7, 11) is 0. The first-order valence-electron chi connectivity index (χ1n) is 9.61. The van der Waals surface area contributed by atoms with Gasteiger partial charge in [-0.25, -0.2) is 4.79 Å². The second kappa shape index (κ2) is 8.74. The molecule has 0 atom stereocenters. The molecule has 0 saturated heterocycles. The molecule has 3 aromatic heterocycles. The van der Waals surface area contributed by atoms with Gasteiger partial charge in [-0.05, 0) is 36.8 Å². The Morgan fingerprint density at radius 3 is 2.32 bits per heavy atom. The highest BCUT2D eigenvalue weighted by Gasteiger charge is 2.18. The zero-order valence-corrected chi connectivity index (χ0v) is 16.4. The summed E-state index contributed by atoms with van der Waals surface area (Å²) >= 11 is 0. The average molecular weight is 425 g/mol. The normalized spacial score (nSPS) is 11.1. The number of nitro groups is 1. The molecule has 0 unspecified atom stereocenters. The lowest BCUT2D eigenvalue weighted by atomic mass is 10.2. The number of furan rings is 2. The number of fused-ring (bicyclic) bond motifs is 1. The Morgan fingerprint density at radius 1 is 1.06 bits per heavy atom. The van der Waals surface area contributed by atoms with E-state index in [-0.39, 0.29) is 30.1 Å². The number of nitrogens with zero attached hydrogens (tertiary/aromatic N) is 3. The molecular weight excluding hydrogens is 406 g/mol. The SMILES string of the molecule is O=C(CCCn1c(=O)oc2cc([N+](=O)[O-])ccc21)N(Cc1ccco1)Cc1ccco1. The van der Waals surface area contributed by atoms with Crippen LogP contribution in [0.3, 0.4) is 0 Å². The van der Waals surface area contributed by atoms with Gasteiger partial charge in [-0.15, -0.1) is 0 Å². The number of nitro benzene ring substituents is 1. The Morgan fingerprint density at radius 2 is 1.74 bits per heavy atom. The van der Waals surface area contributed by atoms with E-state index in [4.69, 9.17) is 13.3 Å². The molecular formula is C21H19N3O7. The zero-order chi connectivity index (χ0) is 21.8. The molecule has 0 radical (unpaired) electrons. The van der Waals surface area contributed by atoms with Gasteiger partial charge in [0.25, 0.3) is 5.69 Å². The molecule has 160 valence electrons. The Hall–Kier alpha value is -4.08. The van der Waals surface area contributed by atoms with Gasteiger partial charge in [-0.2, -0.15) is 0 Å². The van der Waals surface area contributed by atoms with Gasteiger partial charge >= 0.3 is 5.76 Å². The van der Waals surface area contributed by atoms with E-state index in [0.29, 0.717) is 36.5 Å². The van der Waals surface area contributed by atoms with Gasteiger partial charge < -0.3 is 18.2 Å². The van der Waals surface area contributed by atoms with Crippen molar-refractivity contribution >= 4 is 22.7 Å². The molecule has 0 aliphatic heterocycles. The van der Waals surface area contributed by atoms with E-state index in [1.807, 2.05) is 0 Å². The number of oxazole rings is 1. The van der Waals surface area contributed by atoms with Crippen LogP contribution in [-0.2, 0) is 24.4 Å². The Labute approximate surface area is 175 Å². The summed E-state index contributed by atoms with van der Waals surface area (Å²) in [6.45, 7) is 0.834. The summed E-state index contributed by atoms with van der Waals surface area (Å²) in [5.74, 6) is 0.562. The van der Waals surface area contributed by atoms with Crippen molar-refractivity contribution < 1.29 is 23.0 Å². The molecule has 10 heteroatoms. The van der Waals surface area contributed by atoms with Crippen LogP contribution in [0.4, 0.5) is 5.69 Å². The fourth-order valence-electron chi connectivity index (χ4n) is 3.34. The molecule has 0 saturated carbocycles. The lowest BCUT2D eigenvalue weighted by Gasteiger charge is -2.20. The van der Waals surface area contributed by atoms with Crippen LogP contribution in [0.1, 0.15) is 24.4 Å². The van der Waals surface area contributed by atoms with Crippen molar-refractivity contribution in [3.05, 3.63) is 87.2 Å². The van der Waals surface area contributed by atoms with Crippen molar-refractivity contribution in [1.82, 2.24) is 9.47 Å². The van der Waals surface area contributed by atoms with Gasteiger partial charge in [0.15, 0.2) is 5.58 Å². The van der Waals surface area contributed by atoms with Crippen LogP contribution in [0.5, 0.6) is 0 Å². The smallest absolute Gasteiger partial charge is 0.419 e. The Balaban J connectivity index is 1.43. The van der Waals surface area contributed by atoms with Crippen molar-refractivity contribution in [3.63, 3.8) is 0 Å². The highest BCUT2D eigenvalue weighted by Crippen LogP contribution is 2.20. The molecule has 4 aromatic rings. The molecule has 0 spiro atoms. The molecule has 0 aliphatic carbocycles. The number of aryl methyl sites for hydroxylation is 1. The van der Waals surface area contributed by atoms with Gasteiger partial charge in [-0.1, -0.05) is 0 Å². The first-order chi connectivity index (χ1) is 15.0. The van der Waals surface area contributed by atoms with Crippen molar-refractivity contribution in [1.29, 1.82) is 0 Å². The van der Waals surface area contributed by atoms with Crippen molar-refractivity contribution in [3.8, 4) is 0 Å². The lowest BCUT2D eigenvalue weighted by Crippen LogP contribution is -2.30. The van der Waals surface area contributed by atoms with Crippen LogP contribution in [0.15, 0.2) is 73.0 Å². The number of aromatic nitrogens is 1. The Kier molecular flexibility index (Phi) is 5.69. The molecule has 4 rings (SSSR count). The van der Waals surface area contributed by atoms with Crippen molar-refractivity contribution in [2.75, 3.05) is 0 Å². The number of hydrogen-bond donors (Lipinski definition) is 0. The van der Waals surface area contributed by atoms with E-state index in [0.717, 1.165) is 0 Å². The Bertz CT molecular complexity index is 1200. The predicted molar refractivity (Wildman–Crippen MR) is 108 cm³/mol.